The van der Waals surface area contributed by atoms with E-state index in [1.165, 1.54) is 18.2 Å². The van der Waals surface area contributed by atoms with Gasteiger partial charge in [-0.3, -0.25) is 4.79 Å². The van der Waals surface area contributed by atoms with E-state index in [2.05, 4.69) is 10.1 Å². The Bertz CT molecular complexity index is 894. The molecule has 0 atom stereocenters. The molecule has 0 amide bonds. The summed E-state index contributed by atoms with van der Waals surface area (Å²) in [4.78, 5) is 16.0. The molecule has 8 heteroatoms. The van der Waals surface area contributed by atoms with E-state index >= 15 is 0 Å². The van der Waals surface area contributed by atoms with Gasteiger partial charge in [-0.2, -0.15) is 4.98 Å². The van der Waals surface area contributed by atoms with Crippen molar-refractivity contribution in [3.63, 3.8) is 0 Å². The van der Waals surface area contributed by atoms with Crippen LogP contribution in [0.1, 0.15) is 11.5 Å². The fourth-order valence-corrected chi connectivity index (χ4v) is 2.55. The summed E-state index contributed by atoms with van der Waals surface area (Å²) < 4.78 is 23.7. The molecule has 3 rings (SSSR count). The Labute approximate surface area is 152 Å². The Morgan fingerprint density at radius 1 is 1.12 bits per heavy atom. The predicted octanol–water partition coefficient (Wildman–Crippen LogP) is 4.47. The van der Waals surface area contributed by atoms with Gasteiger partial charge < -0.3 is 9.26 Å². The number of ether oxygens (including phenoxy) is 1. The molecule has 1 aromatic heterocycles. The van der Waals surface area contributed by atoms with E-state index in [0.29, 0.717) is 10.6 Å². The first-order chi connectivity index (χ1) is 12.0. The summed E-state index contributed by atoms with van der Waals surface area (Å²) in [5, 5.41) is 4.43. The average molecular weight is 381 g/mol. The van der Waals surface area contributed by atoms with Crippen LogP contribution in [0.15, 0.2) is 47.0 Å². The van der Waals surface area contributed by atoms with Crippen molar-refractivity contribution in [3.8, 4) is 11.4 Å². The van der Waals surface area contributed by atoms with Gasteiger partial charge in [-0.05, 0) is 24.3 Å². The minimum absolute atomic E-state index is 0.0800. The van der Waals surface area contributed by atoms with Crippen LogP contribution in [0.2, 0.25) is 10.0 Å². The zero-order valence-electron chi connectivity index (χ0n) is 12.7. The number of rotatable bonds is 5. The number of halogens is 3. The maximum atomic E-state index is 13.7. The summed E-state index contributed by atoms with van der Waals surface area (Å²) in [6, 6.07) is 11.2. The quantitative estimate of drug-likeness (QED) is 0.611. The number of nitrogens with zero attached hydrogens (tertiary/aromatic N) is 2. The SMILES string of the molecule is O=C(Cc1c(F)cccc1Cl)OCc1nc(-c2ccccc2Cl)no1. The minimum atomic E-state index is -0.663. The highest BCUT2D eigenvalue weighted by atomic mass is 35.5. The molecule has 25 heavy (non-hydrogen) atoms. The molecule has 128 valence electrons. The molecule has 5 nitrogen and oxygen atoms in total. The second-order valence-corrected chi connectivity index (χ2v) is 5.84. The highest BCUT2D eigenvalue weighted by Gasteiger charge is 2.16. The van der Waals surface area contributed by atoms with Crippen molar-refractivity contribution in [2.45, 2.75) is 13.0 Å². The van der Waals surface area contributed by atoms with Crippen LogP contribution < -0.4 is 0 Å². The lowest BCUT2D eigenvalue weighted by molar-refractivity contribution is -0.144. The van der Waals surface area contributed by atoms with Crippen LogP contribution in [0.5, 0.6) is 0 Å². The van der Waals surface area contributed by atoms with Crippen LogP contribution in [0.3, 0.4) is 0 Å². The van der Waals surface area contributed by atoms with Gasteiger partial charge in [-0.15, -0.1) is 0 Å². The third kappa shape index (κ3) is 4.15. The van der Waals surface area contributed by atoms with Gasteiger partial charge in [0.2, 0.25) is 5.82 Å². The lowest BCUT2D eigenvalue weighted by Crippen LogP contribution is -2.09. The number of hydrogen-bond donors (Lipinski definition) is 0. The molecule has 0 aliphatic rings. The first-order valence-electron chi connectivity index (χ1n) is 7.20. The Kier molecular flexibility index (Phi) is 5.31. The first-order valence-corrected chi connectivity index (χ1v) is 7.96. The molecule has 0 spiro atoms. The smallest absolute Gasteiger partial charge is 0.310 e. The maximum Gasteiger partial charge on any atom is 0.310 e. The van der Waals surface area contributed by atoms with Gasteiger partial charge in [0.1, 0.15) is 5.82 Å². The standard InChI is InChI=1S/C17H11Cl2FN2O3/c18-12-5-2-1-4-10(12)17-21-15(25-22-17)9-24-16(23)8-11-13(19)6-3-7-14(11)20/h1-7H,8-9H2. The van der Waals surface area contributed by atoms with Gasteiger partial charge >= 0.3 is 5.97 Å². The topological polar surface area (TPSA) is 65.2 Å². The van der Waals surface area contributed by atoms with Crippen LogP contribution in [0, 0.1) is 5.82 Å². The fourth-order valence-electron chi connectivity index (χ4n) is 2.10. The Morgan fingerprint density at radius 3 is 2.64 bits per heavy atom. The van der Waals surface area contributed by atoms with Crippen molar-refractivity contribution in [2.24, 2.45) is 0 Å². The summed E-state index contributed by atoms with van der Waals surface area (Å²) >= 11 is 11.9. The van der Waals surface area contributed by atoms with E-state index in [4.69, 9.17) is 32.5 Å². The predicted molar refractivity (Wildman–Crippen MR) is 89.7 cm³/mol. The number of carbonyl (C=O) groups is 1. The highest BCUT2D eigenvalue weighted by molar-refractivity contribution is 6.33. The van der Waals surface area contributed by atoms with Crippen molar-refractivity contribution in [1.82, 2.24) is 10.1 Å². The van der Waals surface area contributed by atoms with Crippen LogP contribution >= 0.6 is 23.2 Å². The van der Waals surface area contributed by atoms with E-state index in [9.17, 15) is 9.18 Å². The molecule has 2 aromatic carbocycles. The monoisotopic (exact) mass is 380 g/mol. The summed E-state index contributed by atoms with van der Waals surface area (Å²) in [5.41, 5.74) is 0.681. The van der Waals surface area contributed by atoms with Crippen molar-refractivity contribution in [1.29, 1.82) is 0 Å². The molecular formula is C17H11Cl2FN2O3. The third-order valence-electron chi connectivity index (χ3n) is 3.32. The second kappa shape index (κ2) is 7.63. The zero-order valence-corrected chi connectivity index (χ0v) is 14.2. The molecule has 0 unspecified atom stereocenters. The maximum absolute atomic E-state index is 13.7. The van der Waals surface area contributed by atoms with Crippen molar-refractivity contribution >= 4 is 29.2 Å². The summed E-state index contributed by atoms with van der Waals surface area (Å²) in [5.74, 6) is -0.843. The average Bonchev–Trinajstić information content (AvgIpc) is 3.06. The van der Waals surface area contributed by atoms with Gasteiger partial charge in [0, 0.05) is 16.1 Å². The van der Waals surface area contributed by atoms with Gasteiger partial charge in [0.05, 0.1) is 11.4 Å². The van der Waals surface area contributed by atoms with Crippen LogP contribution in [0.4, 0.5) is 4.39 Å². The van der Waals surface area contributed by atoms with Gasteiger partial charge in [0.15, 0.2) is 6.61 Å². The molecule has 3 aromatic rings. The summed E-state index contributed by atoms with van der Waals surface area (Å²) in [6.07, 6.45) is -0.295. The summed E-state index contributed by atoms with van der Waals surface area (Å²) in [7, 11) is 0. The lowest BCUT2D eigenvalue weighted by Gasteiger charge is -2.05. The molecule has 0 saturated heterocycles. The van der Waals surface area contributed by atoms with E-state index in [1.54, 1.807) is 24.3 Å². The minimum Gasteiger partial charge on any atom is -0.455 e. The molecule has 0 bridgehead atoms. The second-order valence-electron chi connectivity index (χ2n) is 5.03. The molecule has 0 saturated carbocycles. The zero-order chi connectivity index (χ0) is 17.8. The van der Waals surface area contributed by atoms with E-state index in [0.717, 1.165) is 0 Å². The van der Waals surface area contributed by atoms with Gasteiger partial charge in [-0.25, -0.2) is 4.39 Å². The number of benzene rings is 2. The molecule has 0 fully saturated rings. The van der Waals surface area contributed by atoms with E-state index in [-0.39, 0.29) is 35.3 Å². The number of hydrogen-bond acceptors (Lipinski definition) is 5. The van der Waals surface area contributed by atoms with Crippen molar-refractivity contribution in [2.75, 3.05) is 0 Å². The van der Waals surface area contributed by atoms with Crippen molar-refractivity contribution in [3.05, 3.63) is 69.8 Å². The molecule has 0 aliphatic heterocycles. The number of carbonyl (C=O) groups excluding carboxylic acids is 1. The molecule has 0 N–H and O–H groups in total. The van der Waals surface area contributed by atoms with Crippen molar-refractivity contribution < 1.29 is 18.4 Å². The normalized spacial score (nSPS) is 10.7. The Hall–Kier alpha value is -2.44. The lowest BCUT2D eigenvalue weighted by atomic mass is 10.1. The Balaban J connectivity index is 1.63. The fraction of sp³-hybridized carbons (Fsp3) is 0.118. The van der Waals surface area contributed by atoms with E-state index in [1.807, 2.05) is 0 Å². The van der Waals surface area contributed by atoms with Crippen LogP contribution in [-0.2, 0) is 22.6 Å². The van der Waals surface area contributed by atoms with E-state index < -0.39 is 11.8 Å². The number of aromatic nitrogens is 2. The molecule has 0 radical (unpaired) electrons. The van der Waals surface area contributed by atoms with Gasteiger partial charge in [-0.1, -0.05) is 46.6 Å². The Morgan fingerprint density at radius 2 is 1.88 bits per heavy atom. The largest absolute Gasteiger partial charge is 0.455 e. The summed E-state index contributed by atoms with van der Waals surface area (Å²) in [6.45, 7) is -0.234. The number of esters is 1. The third-order valence-corrected chi connectivity index (χ3v) is 4.01. The van der Waals surface area contributed by atoms with Crippen LogP contribution in [0.25, 0.3) is 11.4 Å². The molecule has 0 aliphatic carbocycles. The highest BCUT2D eigenvalue weighted by Crippen LogP contribution is 2.25. The van der Waals surface area contributed by atoms with Crippen LogP contribution in [-0.4, -0.2) is 16.1 Å². The molecular weight excluding hydrogens is 370 g/mol. The molecule has 1 heterocycles. The van der Waals surface area contributed by atoms with Gasteiger partial charge in [0.25, 0.3) is 5.89 Å². The first kappa shape index (κ1) is 17.4.